The number of aryl methyl sites for hydroxylation is 2. The zero-order valence-corrected chi connectivity index (χ0v) is 12.8. The highest BCUT2D eigenvalue weighted by Crippen LogP contribution is 2.24. The number of anilines is 1. The van der Waals surface area contributed by atoms with Crippen LogP contribution in [0.3, 0.4) is 0 Å². The van der Waals surface area contributed by atoms with Crippen molar-refractivity contribution in [2.24, 2.45) is 0 Å². The molecule has 120 valence electrons. The summed E-state index contributed by atoms with van der Waals surface area (Å²) >= 11 is 0. The van der Waals surface area contributed by atoms with Gasteiger partial charge in [0, 0.05) is 12.3 Å². The summed E-state index contributed by atoms with van der Waals surface area (Å²) in [5.41, 5.74) is 2.27. The number of hydrogen-bond acceptors (Lipinski definition) is 6. The van der Waals surface area contributed by atoms with Gasteiger partial charge in [0.1, 0.15) is 11.9 Å². The summed E-state index contributed by atoms with van der Waals surface area (Å²) in [4.78, 5) is 12.0. The smallest absolute Gasteiger partial charge is 0.267 e. The fraction of sp³-hybridized carbons (Fsp3) is 0.500. The van der Waals surface area contributed by atoms with Gasteiger partial charge in [-0.15, -0.1) is 5.10 Å². The minimum Gasteiger partial charge on any atom is -0.377 e. The maximum atomic E-state index is 12.0. The largest absolute Gasteiger partial charge is 0.377 e. The fourth-order valence-corrected chi connectivity index (χ4v) is 3.29. The molecule has 0 spiro atoms. The first kappa shape index (κ1) is 14.3. The normalized spacial score (nSPS) is 23.5. The molecule has 2 aromatic rings. The van der Waals surface area contributed by atoms with Gasteiger partial charge in [0.05, 0.1) is 24.9 Å². The molecule has 0 saturated carbocycles. The molecule has 23 heavy (non-hydrogen) atoms. The Morgan fingerprint density at radius 3 is 3.04 bits per heavy atom. The van der Waals surface area contributed by atoms with Crippen molar-refractivity contribution in [3.63, 3.8) is 0 Å². The minimum absolute atomic E-state index is 0.0430. The molecule has 1 saturated heterocycles. The summed E-state index contributed by atoms with van der Waals surface area (Å²) in [6.07, 6.45) is 6.09. The number of rotatable bonds is 3. The zero-order valence-electron chi connectivity index (χ0n) is 12.8. The molecule has 2 atom stereocenters. The van der Waals surface area contributed by atoms with Gasteiger partial charge in [0.15, 0.2) is 0 Å². The van der Waals surface area contributed by atoms with E-state index >= 15 is 0 Å². The Morgan fingerprint density at radius 2 is 2.13 bits per heavy atom. The molecule has 2 aromatic heterocycles. The molecule has 1 fully saturated rings. The molecule has 2 unspecified atom stereocenters. The van der Waals surface area contributed by atoms with Crippen LogP contribution in [0, 0.1) is 0 Å². The van der Waals surface area contributed by atoms with Gasteiger partial charge in [-0.2, -0.15) is 10.2 Å². The molecular weight excluding hydrogens is 294 g/mol. The lowest BCUT2D eigenvalue weighted by atomic mass is 9.97. The third-order valence-electron chi connectivity index (χ3n) is 4.51. The molecule has 4 rings (SSSR count). The van der Waals surface area contributed by atoms with Crippen LogP contribution in [0.25, 0.3) is 0 Å². The van der Waals surface area contributed by atoms with E-state index < -0.39 is 0 Å². The molecule has 0 amide bonds. The van der Waals surface area contributed by atoms with E-state index in [1.54, 1.807) is 12.3 Å². The van der Waals surface area contributed by atoms with Crippen molar-refractivity contribution in [3.05, 3.63) is 46.0 Å². The van der Waals surface area contributed by atoms with Crippen LogP contribution in [0.4, 0.5) is 5.82 Å². The molecule has 0 bridgehead atoms. The number of nitrogens with zero attached hydrogens (tertiary/aromatic N) is 4. The third kappa shape index (κ3) is 2.84. The minimum atomic E-state index is -0.137. The van der Waals surface area contributed by atoms with Crippen molar-refractivity contribution in [1.29, 1.82) is 0 Å². The number of ether oxygens (including phenoxy) is 1. The van der Waals surface area contributed by atoms with Crippen LogP contribution < -0.4 is 10.9 Å². The molecule has 2 aliphatic rings. The van der Waals surface area contributed by atoms with E-state index in [1.165, 1.54) is 29.2 Å². The van der Waals surface area contributed by atoms with Gasteiger partial charge in [-0.25, -0.2) is 4.68 Å². The van der Waals surface area contributed by atoms with Crippen molar-refractivity contribution < 1.29 is 4.74 Å². The predicted molar refractivity (Wildman–Crippen MR) is 84.4 cm³/mol. The first-order valence-corrected chi connectivity index (χ1v) is 8.05. The predicted octanol–water partition coefficient (Wildman–Crippen LogP) is 0.964. The summed E-state index contributed by atoms with van der Waals surface area (Å²) in [5, 5.41) is 16.2. The lowest BCUT2D eigenvalue weighted by Crippen LogP contribution is -2.37. The molecule has 7 nitrogen and oxygen atoms in total. The SMILES string of the molecule is O=c1cccnn1C1COCC1Nc1cc2c(nn1)CCCC2. The van der Waals surface area contributed by atoms with E-state index in [2.05, 4.69) is 26.7 Å². The van der Waals surface area contributed by atoms with E-state index in [9.17, 15) is 4.79 Å². The van der Waals surface area contributed by atoms with Crippen molar-refractivity contribution in [2.45, 2.75) is 37.8 Å². The molecule has 0 aromatic carbocycles. The van der Waals surface area contributed by atoms with Gasteiger partial charge in [-0.05, 0) is 43.4 Å². The lowest BCUT2D eigenvalue weighted by molar-refractivity contribution is 0.182. The first-order chi connectivity index (χ1) is 11.3. The molecular formula is C16H19N5O2. The first-order valence-electron chi connectivity index (χ1n) is 8.05. The maximum Gasteiger partial charge on any atom is 0.267 e. The second kappa shape index (κ2) is 6.08. The second-order valence-corrected chi connectivity index (χ2v) is 6.07. The van der Waals surface area contributed by atoms with Gasteiger partial charge < -0.3 is 10.1 Å². The van der Waals surface area contributed by atoms with Crippen LogP contribution in [0.1, 0.15) is 30.1 Å². The number of nitrogens with one attached hydrogen (secondary N) is 1. The van der Waals surface area contributed by atoms with Crippen LogP contribution >= 0.6 is 0 Å². The van der Waals surface area contributed by atoms with Crippen LogP contribution in [0.2, 0.25) is 0 Å². The summed E-state index contributed by atoms with van der Waals surface area (Å²) in [5.74, 6) is 0.745. The van der Waals surface area contributed by atoms with E-state index in [-0.39, 0.29) is 17.6 Å². The summed E-state index contributed by atoms with van der Waals surface area (Å²) < 4.78 is 7.04. The zero-order chi connectivity index (χ0) is 15.6. The summed E-state index contributed by atoms with van der Waals surface area (Å²) in [6, 6.07) is 5.06. The monoisotopic (exact) mass is 313 g/mol. The average Bonchev–Trinajstić information content (AvgIpc) is 3.03. The van der Waals surface area contributed by atoms with Crippen molar-refractivity contribution in [1.82, 2.24) is 20.0 Å². The highest BCUT2D eigenvalue weighted by atomic mass is 16.5. The Balaban J connectivity index is 1.56. The van der Waals surface area contributed by atoms with Crippen LogP contribution in [-0.2, 0) is 17.6 Å². The van der Waals surface area contributed by atoms with Gasteiger partial charge in [-0.3, -0.25) is 4.79 Å². The maximum absolute atomic E-state index is 12.0. The average molecular weight is 313 g/mol. The molecule has 1 aliphatic carbocycles. The van der Waals surface area contributed by atoms with Gasteiger partial charge in [-0.1, -0.05) is 0 Å². The summed E-state index contributed by atoms with van der Waals surface area (Å²) in [7, 11) is 0. The van der Waals surface area contributed by atoms with E-state index in [0.717, 1.165) is 24.4 Å². The van der Waals surface area contributed by atoms with E-state index in [1.807, 2.05) is 0 Å². The molecule has 1 N–H and O–H groups in total. The van der Waals surface area contributed by atoms with Crippen molar-refractivity contribution in [2.75, 3.05) is 18.5 Å². The highest BCUT2D eigenvalue weighted by molar-refractivity contribution is 5.40. The third-order valence-corrected chi connectivity index (χ3v) is 4.51. The Hall–Kier alpha value is -2.28. The standard InChI is InChI=1S/C16H19N5O2/c22-16-6-3-7-17-21(16)14-10-23-9-13(14)18-15-8-11-4-1-2-5-12(11)19-20-15/h3,6-8,13-14H,1-2,4-5,9-10H2,(H,18,20). The Morgan fingerprint density at radius 1 is 1.22 bits per heavy atom. The van der Waals surface area contributed by atoms with Crippen LogP contribution in [-0.4, -0.2) is 39.2 Å². The van der Waals surface area contributed by atoms with Gasteiger partial charge >= 0.3 is 0 Å². The summed E-state index contributed by atoms with van der Waals surface area (Å²) in [6.45, 7) is 0.986. The van der Waals surface area contributed by atoms with Gasteiger partial charge in [0.25, 0.3) is 5.56 Å². The molecule has 0 radical (unpaired) electrons. The van der Waals surface area contributed by atoms with Crippen LogP contribution in [0.5, 0.6) is 0 Å². The molecule has 3 heterocycles. The second-order valence-electron chi connectivity index (χ2n) is 6.07. The van der Waals surface area contributed by atoms with Crippen molar-refractivity contribution >= 4 is 5.82 Å². The van der Waals surface area contributed by atoms with E-state index in [4.69, 9.17) is 4.74 Å². The van der Waals surface area contributed by atoms with Crippen molar-refractivity contribution in [3.8, 4) is 0 Å². The topological polar surface area (TPSA) is 81.9 Å². The van der Waals surface area contributed by atoms with Crippen LogP contribution in [0.15, 0.2) is 29.2 Å². The quantitative estimate of drug-likeness (QED) is 0.909. The fourth-order valence-electron chi connectivity index (χ4n) is 3.29. The number of aromatic nitrogens is 4. The lowest BCUT2D eigenvalue weighted by Gasteiger charge is -2.21. The number of fused-ring (bicyclic) bond motifs is 1. The van der Waals surface area contributed by atoms with E-state index in [0.29, 0.717) is 13.2 Å². The Bertz CT molecular complexity index is 760. The molecule has 1 aliphatic heterocycles. The Labute approximate surface area is 133 Å². The molecule has 7 heteroatoms. The highest BCUT2D eigenvalue weighted by Gasteiger charge is 2.31. The van der Waals surface area contributed by atoms with Gasteiger partial charge in [0.2, 0.25) is 0 Å². The number of hydrogen-bond donors (Lipinski definition) is 1. The Kier molecular flexibility index (Phi) is 3.78.